The zero-order valence-corrected chi connectivity index (χ0v) is 39.7. The Labute approximate surface area is 391 Å². The van der Waals surface area contributed by atoms with Crippen LogP contribution in [0, 0.1) is 0 Å². The highest BCUT2D eigenvalue weighted by atomic mass is 32.1. The summed E-state index contributed by atoms with van der Waals surface area (Å²) in [5.74, 6) is -0.0290. The molecule has 0 saturated heterocycles. The van der Waals surface area contributed by atoms with E-state index < -0.39 is 5.60 Å². The van der Waals surface area contributed by atoms with Crippen LogP contribution in [0.1, 0.15) is 61.9 Å². The lowest BCUT2D eigenvalue weighted by molar-refractivity contribution is -0.116. The van der Waals surface area contributed by atoms with Gasteiger partial charge in [-0.05, 0) is 75.5 Å². The lowest BCUT2D eigenvalue weighted by atomic mass is 10.0. The summed E-state index contributed by atoms with van der Waals surface area (Å²) in [4.78, 5) is 51.8. The molecule has 0 atom stereocenters. The monoisotopic (exact) mass is 948 g/mol. The molecule has 0 bridgehead atoms. The van der Waals surface area contributed by atoms with Gasteiger partial charge >= 0.3 is 6.09 Å². The maximum absolute atomic E-state index is 12.8. The highest BCUT2D eigenvalue weighted by Gasteiger charge is 2.32. The molecule has 344 valence electrons. The fraction of sp³-hybridized carbons (Fsp3) is 0.457. The molecule has 3 amide bonds. The Balaban J connectivity index is 0.000000214. The lowest BCUT2D eigenvalue weighted by Gasteiger charge is -2.30. The molecule has 0 radical (unpaired) electrons. The summed E-state index contributed by atoms with van der Waals surface area (Å²) in [6.07, 6.45) is 2.13. The van der Waals surface area contributed by atoms with E-state index in [1.54, 1.807) is 53.1 Å². The Kier molecular flexibility index (Phi) is 17.8. The number of aromatic nitrogens is 2. The second-order valence-electron chi connectivity index (χ2n) is 16.0. The van der Waals surface area contributed by atoms with Gasteiger partial charge in [-0.3, -0.25) is 9.59 Å². The van der Waals surface area contributed by atoms with Crippen molar-refractivity contribution < 1.29 is 28.6 Å². The maximum Gasteiger partial charge on any atom is 0.410 e. The average Bonchev–Trinajstić information content (AvgIpc) is 4.04. The van der Waals surface area contributed by atoms with Crippen molar-refractivity contribution in [2.75, 3.05) is 77.3 Å². The third-order valence-electron chi connectivity index (χ3n) is 10.2. The third kappa shape index (κ3) is 12.7. The van der Waals surface area contributed by atoms with Gasteiger partial charge in [0.2, 0.25) is 11.8 Å². The zero-order valence-electron chi connectivity index (χ0n) is 36.4. The molecular weight excluding hydrogens is 889 g/mol. The normalized spacial score (nSPS) is 13.4. The number of carbonyl (C=O) groups excluding carboxylic acids is 3. The minimum absolute atomic E-state index is 0. The Morgan fingerprint density at radius 3 is 1.75 bits per heavy atom. The van der Waals surface area contributed by atoms with Gasteiger partial charge in [0, 0.05) is 87.2 Å². The molecule has 2 aliphatic heterocycles. The fourth-order valence-electron chi connectivity index (χ4n) is 7.19. The first-order chi connectivity index (χ1) is 30.5. The summed E-state index contributed by atoms with van der Waals surface area (Å²) >= 11 is 6.52. The van der Waals surface area contributed by atoms with E-state index in [0.717, 1.165) is 83.4 Å². The van der Waals surface area contributed by atoms with Gasteiger partial charge in [-0.15, -0.1) is 45.3 Å². The van der Waals surface area contributed by atoms with Crippen molar-refractivity contribution in [1.82, 2.24) is 30.8 Å². The molecule has 6 aromatic rings. The number of para-hydroxylation sites is 2. The minimum atomic E-state index is -0.546. The van der Waals surface area contributed by atoms with Gasteiger partial charge in [0.25, 0.3) is 0 Å². The topological polar surface area (TPSA) is 168 Å². The number of carbonyl (C=O) groups is 3. The van der Waals surface area contributed by atoms with E-state index in [1.807, 2.05) is 57.2 Å². The second-order valence-corrected chi connectivity index (χ2v) is 20.3. The van der Waals surface area contributed by atoms with Gasteiger partial charge in [-0.1, -0.05) is 31.7 Å². The lowest BCUT2D eigenvalue weighted by Crippen LogP contribution is -2.39. The molecule has 6 heterocycles. The summed E-state index contributed by atoms with van der Waals surface area (Å²) in [6.45, 7) is 12.4. The van der Waals surface area contributed by atoms with Crippen LogP contribution in [-0.2, 0) is 49.7 Å². The first kappa shape index (κ1) is 49.1. The molecule has 2 aliphatic rings. The fourth-order valence-corrected chi connectivity index (χ4v) is 11.9. The Morgan fingerprint density at radius 2 is 1.23 bits per heavy atom. The van der Waals surface area contributed by atoms with Crippen molar-refractivity contribution in [2.45, 2.75) is 72.6 Å². The molecule has 4 aromatic heterocycles. The first-order valence-electron chi connectivity index (χ1n) is 21.2. The van der Waals surface area contributed by atoms with E-state index in [2.05, 4.69) is 38.7 Å². The van der Waals surface area contributed by atoms with Crippen LogP contribution < -0.4 is 26.6 Å². The van der Waals surface area contributed by atoms with Crippen molar-refractivity contribution >= 4 is 93.7 Å². The summed E-state index contributed by atoms with van der Waals surface area (Å²) < 4.78 is 17.9. The Morgan fingerprint density at radius 1 is 0.719 bits per heavy atom. The number of fused-ring (bicyclic) bond motifs is 4. The summed E-state index contributed by atoms with van der Waals surface area (Å²) in [5.41, 5.74) is 5.99. The number of anilines is 2. The number of amides is 3. The van der Waals surface area contributed by atoms with Gasteiger partial charge in [-0.25, -0.2) is 14.8 Å². The van der Waals surface area contributed by atoms with Crippen LogP contribution in [0.25, 0.3) is 41.6 Å². The Hall–Kier alpha value is -4.37. The number of thiophene rings is 2. The number of benzene rings is 2. The molecule has 0 aliphatic carbocycles. The number of thiazole rings is 2. The molecule has 2 aromatic carbocycles. The van der Waals surface area contributed by atoms with Crippen molar-refractivity contribution in [2.24, 2.45) is 0 Å². The Bertz CT molecular complexity index is 2440. The van der Waals surface area contributed by atoms with Crippen molar-refractivity contribution in [3.8, 4) is 21.1 Å². The smallest absolute Gasteiger partial charge is 0.410 e. The molecule has 0 saturated carbocycles. The van der Waals surface area contributed by atoms with E-state index in [-0.39, 0.29) is 25.3 Å². The number of nitrogens with one attached hydrogen (secondary N) is 5. The van der Waals surface area contributed by atoms with Gasteiger partial charge in [0.15, 0.2) is 0 Å². The van der Waals surface area contributed by atoms with E-state index in [9.17, 15) is 14.4 Å². The quantitative estimate of drug-likeness (QED) is 0.0589. The van der Waals surface area contributed by atoms with Crippen molar-refractivity contribution in [3.05, 3.63) is 69.4 Å². The van der Waals surface area contributed by atoms with Crippen LogP contribution in [0.4, 0.5) is 14.8 Å². The number of methoxy groups -OCH3 is 2. The van der Waals surface area contributed by atoms with Crippen LogP contribution in [0.5, 0.6) is 0 Å². The molecule has 5 N–H and O–H groups in total. The van der Waals surface area contributed by atoms with Gasteiger partial charge in [0.05, 0.1) is 40.2 Å². The molecule has 18 heteroatoms. The zero-order chi connectivity index (χ0) is 44.3. The molecule has 14 nitrogen and oxygen atoms in total. The number of rotatable bonds is 16. The average molecular weight is 949 g/mol. The van der Waals surface area contributed by atoms with Crippen molar-refractivity contribution in [1.29, 1.82) is 0 Å². The highest BCUT2D eigenvalue weighted by Crippen LogP contribution is 2.47. The van der Waals surface area contributed by atoms with Crippen LogP contribution in [0.15, 0.2) is 48.5 Å². The van der Waals surface area contributed by atoms with Crippen molar-refractivity contribution in [3.63, 3.8) is 0 Å². The van der Waals surface area contributed by atoms with E-state index >= 15 is 0 Å². The van der Waals surface area contributed by atoms with Crippen LogP contribution in [-0.4, -0.2) is 105 Å². The standard InChI is InChI=1S/C25H32N4O4S2.C20H24N4O2S2.CH4/c1-25(2,3)33-24(31)29-13-10-16-19(15-29)35-23(28-20(30)9-11-26-12-14-32-4)21(16)22-27-17-7-5-6-8-18(17)34-22;1-26-11-10-21-9-7-17(25)24-20-18(13-6-8-22-12-16(13)28-20)19-23-14-4-2-3-5-15(14)27-19;/h5-8,26H,9-15H2,1-4H3,(H,28,30);2-5,21-22H,6-12H2,1H3,(H,24,25);1H4. The molecule has 64 heavy (non-hydrogen) atoms. The van der Waals surface area contributed by atoms with E-state index in [1.165, 1.54) is 26.5 Å². The number of hydrogen-bond donors (Lipinski definition) is 5. The number of hydrogen-bond acceptors (Lipinski definition) is 15. The second kappa shape index (κ2) is 23.2. The molecular formula is C46H60N8O6S4. The molecule has 0 unspecified atom stereocenters. The van der Waals surface area contributed by atoms with E-state index in [4.69, 9.17) is 24.2 Å². The van der Waals surface area contributed by atoms with Gasteiger partial charge in [-0.2, -0.15) is 0 Å². The predicted octanol–water partition coefficient (Wildman–Crippen LogP) is 8.75. The SMILES string of the molecule is C.COCCNCCC(=O)Nc1sc2c(c1-c1nc3ccccc3s1)CCN(C(=O)OC(C)(C)C)C2.COCCNCCC(=O)Nc1sc2c(c1-c1nc3ccccc3s1)CCNC2. The predicted molar refractivity (Wildman–Crippen MR) is 264 cm³/mol. The molecule has 0 fully saturated rings. The summed E-state index contributed by atoms with van der Waals surface area (Å²) in [7, 11) is 3.33. The van der Waals surface area contributed by atoms with E-state index in [0.29, 0.717) is 65.2 Å². The minimum Gasteiger partial charge on any atom is -0.444 e. The highest BCUT2D eigenvalue weighted by molar-refractivity contribution is 7.23. The third-order valence-corrected chi connectivity index (χ3v) is 14.6. The molecule has 0 spiro atoms. The van der Waals surface area contributed by atoms with Crippen LogP contribution in [0.3, 0.4) is 0 Å². The largest absolute Gasteiger partial charge is 0.444 e. The summed E-state index contributed by atoms with van der Waals surface area (Å²) in [6, 6.07) is 16.2. The summed E-state index contributed by atoms with van der Waals surface area (Å²) in [5, 5.41) is 19.7. The van der Waals surface area contributed by atoms with Crippen LogP contribution >= 0.6 is 45.3 Å². The van der Waals surface area contributed by atoms with Gasteiger partial charge < -0.3 is 45.7 Å². The maximum atomic E-state index is 12.8. The van der Waals surface area contributed by atoms with Gasteiger partial charge in [0.1, 0.15) is 25.6 Å². The number of nitrogens with zero attached hydrogens (tertiary/aromatic N) is 3. The molecule has 8 rings (SSSR count). The number of ether oxygens (including phenoxy) is 3. The first-order valence-corrected chi connectivity index (χ1v) is 24.5. The van der Waals surface area contributed by atoms with Crippen LogP contribution in [0.2, 0.25) is 0 Å².